The minimum Gasteiger partial charge on any atom is -0.379 e. The van der Waals surface area contributed by atoms with E-state index in [2.05, 4.69) is 0 Å². The zero-order valence-electron chi connectivity index (χ0n) is 11.2. The molecule has 0 atom stereocenters. The predicted octanol–water partition coefficient (Wildman–Crippen LogP) is 4.09. The molecule has 0 aliphatic carbocycles. The van der Waals surface area contributed by atoms with Gasteiger partial charge in [-0.25, -0.2) is 0 Å². The SMILES string of the molecule is COC(C)(C)CCC(=O)c1cccc(C(F)(F)F)c1. The quantitative estimate of drug-likeness (QED) is 0.756. The monoisotopic (exact) mass is 274 g/mol. The van der Waals surface area contributed by atoms with Crippen molar-refractivity contribution in [2.75, 3.05) is 7.11 Å². The fourth-order valence-electron chi connectivity index (χ4n) is 1.53. The van der Waals surface area contributed by atoms with Gasteiger partial charge in [0.15, 0.2) is 5.78 Å². The van der Waals surface area contributed by atoms with Gasteiger partial charge in [-0.1, -0.05) is 12.1 Å². The van der Waals surface area contributed by atoms with E-state index in [0.29, 0.717) is 6.42 Å². The highest BCUT2D eigenvalue weighted by atomic mass is 19.4. The number of hydrogen-bond donors (Lipinski definition) is 0. The summed E-state index contributed by atoms with van der Waals surface area (Å²) in [6, 6.07) is 4.49. The lowest BCUT2D eigenvalue weighted by Gasteiger charge is -2.22. The molecule has 5 heteroatoms. The van der Waals surface area contributed by atoms with E-state index in [-0.39, 0.29) is 17.8 Å². The number of carbonyl (C=O) groups is 1. The number of ketones is 1. The lowest BCUT2D eigenvalue weighted by molar-refractivity contribution is -0.137. The van der Waals surface area contributed by atoms with Crippen molar-refractivity contribution < 1.29 is 22.7 Å². The van der Waals surface area contributed by atoms with Gasteiger partial charge in [-0.2, -0.15) is 13.2 Å². The summed E-state index contributed by atoms with van der Waals surface area (Å²) >= 11 is 0. The van der Waals surface area contributed by atoms with Crippen molar-refractivity contribution in [2.45, 2.75) is 38.5 Å². The lowest BCUT2D eigenvalue weighted by Crippen LogP contribution is -2.23. The number of halogens is 3. The van der Waals surface area contributed by atoms with Crippen LogP contribution in [0.2, 0.25) is 0 Å². The fraction of sp³-hybridized carbons (Fsp3) is 0.500. The fourth-order valence-corrected chi connectivity index (χ4v) is 1.53. The summed E-state index contributed by atoms with van der Waals surface area (Å²) in [5.41, 5.74) is -1.18. The summed E-state index contributed by atoms with van der Waals surface area (Å²) in [5, 5.41) is 0. The van der Waals surface area contributed by atoms with Crippen LogP contribution in [0.4, 0.5) is 13.2 Å². The van der Waals surface area contributed by atoms with Crippen LogP contribution in [0.15, 0.2) is 24.3 Å². The van der Waals surface area contributed by atoms with Crippen molar-refractivity contribution in [1.29, 1.82) is 0 Å². The standard InChI is InChI=1S/C14H17F3O2/c1-13(2,19-3)8-7-12(18)10-5-4-6-11(9-10)14(15,16)17/h4-6,9H,7-8H2,1-3H3. The van der Waals surface area contributed by atoms with Gasteiger partial charge in [-0.3, -0.25) is 4.79 Å². The number of carbonyl (C=O) groups excluding carboxylic acids is 1. The molecular formula is C14H17F3O2. The van der Waals surface area contributed by atoms with Gasteiger partial charge in [-0.05, 0) is 32.4 Å². The highest BCUT2D eigenvalue weighted by Gasteiger charge is 2.31. The molecule has 106 valence electrons. The molecule has 0 aromatic heterocycles. The summed E-state index contributed by atoms with van der Waals surface area (Å²) in [5.74, 6) is -0.309. The van der Waals surface area contributed by atoms with Gasteiger partial charge in [0.2, 0.25) is 0 Å². The Morgan fingerprint density at radius 3 is 2.42 bits per heavy atom. The zero-order chi connectivity index (χ0) is 14.7. The van der Waals surface area contributed by atoms with Crippen LogP contribution < -0.4 is 0 Å². The Balaban J connectivity index is 2.78. The van der Waals surface area contributed by atoms with Gasteiger partial charge in [0.25, 0.3) is 0 Å². The maximum absolute atomic E-state index is 12.5. The van der Waals surface area contributed by atoms with Crippen molar-refractivity contribution in [3.05, 3.63) is 35.4 Å². The minimum atomic E-state index is -4.43. The van der Waals surface area contributed by atoms with E-state index in [1.54, 1.807) is 0 Å². The third-order valence-corrected chi connectivity index (χ3v) is 3.02. The Morgan fingerprint density at radius 1 is 1.26 bits per heavy atom. The van der Waals surface area contributed by atoms with E-state index < -0.39 is 17.3 Å². The van der Waals surface area contributed by atoms with Gasteiger partial charge < -0.3 is 4.74 Å². The van der Waals surface area contributed by atoms with Gasteiger partial charge in [0.05, 0.1) is 11.2 Å². The number of methoxy groups -OCH3 is 1. The average Bonchev–Trinajstić information content (AvgIpc) is 2.35. The molecule has 0 heterocycles. The molecule has 1 rings (SSSR count). The average molecular weight is 274 g/mol. The highest BCUT2D eigenvalue weighted by molar-refractivity contribution is 5.96. The van der Waals surface area contributed by atoms with E-state index in [1.807, 2.05) is 13.8 Å². The van der Waals surface area contributed by atoms with Gasteiger partial charge in [-0.15, -0.1) is 0 Å². The van der Waals surface area contributed by atoms with E-state index in [9.17, 15) is 18.0 Å². The van der Waals surface area contributed by atoms with Crippen molar-refractivity contribution in [2.24, 2.45) is 0 Å². The molecular weight excluding hydrogens is 257 g/mol. The maximum Gasteiger partial charge on any atom is 0.416 e. The van der Waals surface area contributed by atoms with Crippen molar-refractivity contribution >= 4 is 5.78 Å². The molecule has 0 radical (unpaired) electrons. The Bertz CT molecular complexity index is 450. The Labute approximate surface area is 110 Å². The summed E-state index contributed by atoms with van der Waals surface area (Å²) in [6.07, 6.45) is -3.82. The van der Waals surface area contributed by atoms with Crippen molar-refractivity contribution in [3.8, 4) is 0 Å². The third kappa shape index (κ3) is 4.67. The van der Waals surface area contributed by atoms with E-state index >= 15 is 0 Å². The normalized spacial score (nSPS) is 12.5. The van der Waals surface area contributed by atoms with Crippen LogP contribution in [0.25, 0.3) is 0 Å². The van der Waals surface area contributed by atoms with Crippen LogP contribution in [0, 0.1) is 0 Å². The highest BCUT2D eigenvalue weighted by Crippen LogP contribution is 2.30. The van der Waals surface area contributed by atoms with Gasteiger partial charge in [0, 0.05) is 19.1 Å². The van der Waals surface area contributed by atoms with Crippen LogP contribution in [-0.2, 0) is 10.9 Å². The Kier molecular flexibility index (Phi) is 4.74. The first-order chi connectivity index (χ1) is 8.65. The molecule has 0 aliphatic heterocycles. The van der Waals surface area contributed by atoms with Crippen LogP contribution in [0.3, 0.4) is 0 Å². The summed E-state index contributed by atoms with van der Waals surface area (Å²) < 4.78 is 42.8. The van der Waals surface area contributed by atoms with Gasteiger partial charge in [0.1, 0.15) is 0 Å². The first-order valence-corrected chi connectivity index (χ1v) is 5.91. The third-order valence-electron chi connectivity index (χ3n) is 3.02. The summed E-state index contributed by atoms with van der Waals surface area (Å²) in [4.78, 5) is 11.9. The van der Waals surface area contributed by atoms with E-state index in [4.69, 9.17) is 4.74 Å². The number of ether oxygens (including phenoxy) is 1. The minimum absolute atomic E-state index is 0.0849. The number of hydrogen-bond acceptors (Lipinski definition) is 2. The first-order valence-electron chi connectivity index (χ1n) is 5.91. The molecule has 0 unspecified atom stereocenters. The molecule has 1 aromatic carbocycles. The number of Topliss-reactive ketones (excluding diaryl/α,β-unsaturated/α-hetero) is 1. The number of benzene rings is 1. The topological polar surface area (TPSA) is 26.3 Å². The smallest absolute Gasteiger partial charge is 0.379 e. The molecule has 0 saturated carbocycles. The molecule has 0 saturated heterocycles. The van der Waals surface area contributed by atoms with Crippen LogP contribution in [0.1, 0.15) is 42.6 Å². The van der Waals surface area contributed by atoms with Gasteiger partial charge >= 0.3 is 6.18 Å². The summed E-state index contributed by atoms with van der Waals surface area (Å²) in [7, 11) is 1.54. The number of alkyl halides is 3. The molecule has 1 aromatic rings. The van der Waals surface area contributed by atoms with Crippen LogP contribution >= 0.6 is 0 Å². The molecule has 0 spiro atoms. The molecule has 0 aliphatic rings. The second-order valence-corrected chi connectivity index (χ2v) is 4.97. The molecule has 0 amide bonds. The Morgan fingerprint density at radius 2 is 1.89 bits per heavy atom. The molecule has 0 fully saturated rings. The number of rotatable bonds is 5. The summed E-state index contributed by atoms with van der Waals surface area (Å²) in [6.45, 7) is 3.65. The molecule has 0 N–H and O–H groups in total. The van der Waals surface area contributed by atoms with Crippen molar-refractivity contribution in [1.82, 2.24) is 0 Å². The largest absolute Gasteiger partial charge is 0.416 e. The zero-order valence-corrected chi connectivity index (χ0v) is 11.2. The predicted molar refractivity (Wildman–Crippen MR) is 66.1 cm³/mol. The van der Waals surface area contributed by atoms with Crippen LogP contribution in [0.5, 0.6) is 0 Å². The van der Waals surface area contributed by atoms with E-state index in [1.165, 1.54) is 19.2 Å². The maximum atomic E-state index is 12.5. The Hall–Kier alpha value is -1.36. The molecule has 19 heavy (non-hydrogen) atoms. The molecule has 2 nitrogen and oxygen atoms in total. The van der Waals surface area contributed by atoms with E-state index in [0.717, 1.165) is 12.1 Å². The van der Waals surface area contributed by atoms with Crippen molar-refractivity contribution in [3.63, 3.8) is 0 Å². The van der Waals surface area contributed by atoms with Crippen LogP contribution in [-0.4, -0.2) is 18.5 Å². The lowest BCUT2D eigenvalue weighted by atomic mass is 9.97. The molecule has 0 bridgehead atoms. The second-order valence-electron chi connectivity index (χ2n) is 4.97. The second kappa shape index (κ2) is 5.74. The first kappa shape index (κ1) is 15.7.